The minimum Gasteiger partial charge on any atom is -0.373 e. The number of benzene rings is 1. The van der Waals surface area contributed by atoms with Crippen LogP contribution in [0.4, 0.5) is 0 Å². The zero-order chi connectivity index (χ0) is 20.2. The van der Waals surface area contributed by atoms with Crippen LogP contribution in [0.5, 0.6) is 0 Å². The standard InChI is InChI=1S/C22H31N5OS.HI/c1-4-23-22(24-12-21-16(2)25-17(3)29-21)27-14-19-20(15-27)28-11-10-26(19)13-18-8-6-5-7-9-18;/h5-9,19-20H,4,10-15H2,1-3H3,(H,23,24);1H. The Morgan fingerprint density at radius 2 is 2.07 bits per heavy atom. The Balaban J connectivity index is 0.00000256. The highest BCUT2D eigenvalue weighted by Gasteiger charge is 2.41. The van der Waals surface area contributed by atoms with E-state index in [1.54, 1.807) is 11.3 Å². The van der Waals surface area contributed by atoms with Crippen molar-refractivity contribution in [2.24, 2.45) is 4.99 Å². The molecule has 4 rings (SSSR count). The number of aryl methyl sites for hydroxylation is 2. The molecule has 3 heterocycles. The summed E-state index contributed by atoms with van der Waals surface area (Å²) in [6.45, 7) is 12.4. The number of morpholine rings is 1. The molecule has 0 spiro atoms. The van der Waals surface area contributed by atoms with Crippen LogP contribution in [0.25, 0.3) is 0 Å². The molecule has 0 bridgehead atoms. The van der Waals surface area contributed by atoms with Crippen LogP contribution >= 0.6 is 35.3 Å². The van der Waals surface area contributed by atoms with Crippen molar-refractivity contribution in [1.82, 2.24) is 20.1 Å². The second-order valence-electron chi connectivity index (χ2n) is 7.75. The molecule has 0 amide bonds. The van der Waals surface area contributed by atoms with Crippen LogP contribution in [-0.2, 0) is 17.8 Å². The summed E-state index contributed by atoms with van der Waals surface area (Å²) in [5.74, 6) is 0.982. The van der Waals surface area contributed by atoms with E-state index in [4.69, 9.17) is 9.73 Å². The number of ether oxygens (including phenoxy) is 1. The Morgan fingerprint density at radius 1 is 1.27 bits per heavy atom. The number of nitrogens with one attached hydrogen (secondary N) is 1. The number of rotatable bonds is 5. The first-order valence-corrected chi connectivity index (χ1v) is 11.3. The summed E-state index contributed by atoms with van der Waals surface area (Å²) in [6.07, 6.45) is 0.240. The van der Waals surface area contributed by atoms with E-state index < -0.39 is 0 Å². The van der Waals surface area contributed by atoms with E-state index in [2.05, 4.69) is 71.2 Å². The first-order chi connectivity index (χ1) is 14.1. The number of aliphatic imine (C=N–C) groups is 1. The van der Waals surface area contributed by atoms with Crippen LogP contribution in [-0.4, -0.2) is 65.7 Å². The average molecular weight is 542 g/mol. The Hall–Kier alpha value is -1.23. The van der Waals surface area contributed by atoms with Crippen molar-refractivity contribution in [3.63, 3.8) is 0 Å². The van der Waals surface area contributed by atoms with Gasteiger partial charge >= 0.3 is 0 Å². The van der Waals surface area contributed by atoms with Crippen LogP contribution in [0.15, 0.2) is 35.3 Å². The summed E-state index contributed by atoms with van der Waals surface area (Å²) in [4.78, 5) is 15.7. The number of thiazole rings is 1. The van der Waals surface area contributed by atoms with Gasteiger partial charge in [0.25, 0.3) is 0 Å². The summed E-state index contributed by atoms with van der Waals surface area (Å²) >= 11 is 1.74. The Labute approximate surface area is 200 Å². The summed E-state index contributed by atoms with van der Waals surface area (Å²) in [7, 11) is 0. The lowest BCUT2D eigenvalue weighted by Crippen LogP contribution is -2.50. The molecular weight excluding hydrogens is 509 g/mol. The zero-order valence-electron chi connectivity index (χ0n) is 18.0. The van der Waals surface area contributed by atoms with Crippen LogP contribution in [0.1, 0.15) is 28.1 Å². The largest absolute Gasteiger partial charge is 0.373 e. The fourth-order valence-corrected chi connectivity index (χ4v) is 5.10. The monoisotopic (exact) mass is 541 g/mol. The summed E-state index contributed by atoms with van der Waals surface area (Å²) < 4.78 is 6.14. The highest BCUT2D eigenvalue weighted by atomic mass is 127. The average Bonchev–Trinajstić information content (AvgIpc) is 3.29. The minimum atomic E-state index is 0. The van der Waals surface area contributed by atoms with Crippen molar-refractivity contribution < 1.29 is 4.74 Å². The third-order valence-electron chi connectivity index (χ3n) is 5.65. The predicted molar refractivity (Wildman–Crippen MR) is 134 cm³/mol. The van der Waals surface area contributed by atoms with Gasteiger partial charge in [-0.3, -0.25) is 4.90 Å². The molecular formula is C22H32IN5OS. The minimum absolute atomic E-state index is 0. The molecule has 6 nitrogen and oxygen atoms in total. The van der Waals surface area contributed by atoms with Crippen molar-refractivity contribution in [2.75, 3.05) is 32.8 Å². The first-order valence-electron chi connectivity index (χ1n) is 10.5. The van der Waals surface area contributed by atoms with Crippen molar-refractivity contribution in [3.8, 4) is 0 Å². The number of hydrogen-bond acceptors (Lipinski definition) is 5. The number of guanidine groups is 1. The highest BCUT2D eigenvalue weighted by Crippen LogP contribution is 2.25. The normalized spacial score (nSPS) is 22.0. The maximum Gasteiger partial charge on any atom is 0.194 e. The third kappa shape index (κ3) is 5.52. The lowest BCUT2D eigenvalue weighted by atomic mass is 10.1. The number of likely N-dealkylation sites (tertiary alicyclic amines) is 1. The number of fused-ring (bicyclic) bond motifs is 1. The van der Waals surface area contributed by atoms with E-state index >= 15 is 0 Å². The van der Waals surface area contributed by atoms with Crippen molar-refractivity contribution in [1.29, 1.82) is 0 Å². The molecule has 2 aromatic rings. The topological polar surface area (TPSA) is 53.0 Å². The molecule has 2 atom stereocenters. The Morgan fingerprint density at radius 3 is 2.77 bits per heavy atom. The van der Waals surface area contributed by atoms with Gasteiger partial charge in [-0.15, -0.1) is 35.3 Å². The molecule has 2 aliphatic rings. The molecule has 8 heteroatoms. The number of halogens is 1. The molecule has 0 radical (unpaired) electrons. The van der Waals surface area contributed by atoms with Gasteiger partial charge in [0.15, 0.2) is 5.96 Å². The summed E-state index contributed by atoms with van der Waals surface area (Å²) in [5, 5.41) is 4.59. The molecule has 2 unspecified atom stereocenters. The van der Waals surface area contributed by atoms with E-state index in [1.807, 2.05) is 0 Å². The van der Waals surface area contributed by atoms with Gasteiger partial charge < -0.3 is 15.0 Å². The van der Waals surface area contributed by atoms with Crippen molar-refractivity contribution in [2.45, 2.75) is 46.0 Å². The number of aromatic nitrogens is 1. The molecule has 0 aliphatic carbocycles. The molecule has 2 saturated heterocycles. The molecule has 1 aromatic heterocycles. The van der Waals surface area contributed by atoms with Crippen molar-refractivity contribution >= 4 is 41.3 Å². The molecule has 2 fully saturated rings. The van der Waals surface area contributed by atoms with E-state index in [0.717, 1.165) is 56.0 Å². The first kappa shape index (κ1) is 23.4. The third-order valence-corrected chi connectivity index (χ3v) is 6.71. The van der Waals surface area contributed by atoms with Gasteiger partial charge in [0.2, 0.25) is 0 Å². The maximum atomic E-state index is 6.14. The smallest absolute Gasteiger partial charge is 0.194 e. The fourth-order valence-electron chi connectivity index (χ4n) is 4.24. The lowest BCUT2D eigenvalue weighted by Gasteiger charge is -2.36. The van der Waals surface area contributed by atoms with Gasteiger partial charge in [0.05, 0.1) is 36.0 Å². The highest BCUT2D eigenvalue weighted by molar-refractivity contribution is 14.0. The summed E-state index contributed by atoms with van der Waals surface area (Å²) in [5.41, 5.74) is 2.46. The van der Waals surface area contributed by atoms with Crippen LogP contribution in [0, 0.1) is 13.8 Å². The van der Waals surface area contributed by atoms with Gasteiger partial charge in [-0.25, -0.2) is 9.98 Å². The Kier molecular flexibility index (Phi) is 8.50. The van der Waals surface area contributed by atoms with Gasteiger partial charge in [0.1, 0.15) is 0 Å². The van der Waals surface area contributed by atoms with Crippen LogP contribution < -0.4 is 5.32 Å². The fraction of sp³-hybridized carbons (Fsp3) is 0.545. The second-order valence-corrected chi connectivity index (χ2v) is 9.04. The lowest BCUT2D eigenvalue weighted by molar-refractivity contribution is -0.0502. The quantitative estimate of drug-likeness (QED) is 0.357. The van der Waals surface area contributed by atoms with Crippen LogP contribution in [0.3, 0.4) is 0 Å². The van der Waals surface area contributed by atoms with E-state index in [-0.39, 0.29) is 30.1 Å². The molecule has 164 valence electrons. The van der Waals surface area contributed by atoms with E-state index in [1.165, 1.54) is 10.4 Å². The SMILES string of the molecule is CCNC(=NCc1sc(C)nc1C)N1CC2OCCN(Cc3ccccc3)C2C1.I. The van der Waals surface area contributed by atoms with Gasteiger partial charge in [0, 0.05) is 37.6 Å². The molecule has 30 heavy (non-hydrogen) atoms. The molecule has 1 aromatic carbocycles. The Bertz CT molecular complexity index is 843. The van der Waals surface area contributed by atoms with Crippen molar-refractivity contribution in [3.05, 3.63) is 51.5 Å². The van der Waals surface area contributed by atoms with Gasteiger partial charge in [-0.05, 0) is 26.3 Å². The summed E-state index contributed by atoms with van der Waals surface area (Å²) in [6, 6.07) is 11.1. The number of hydrogen-bond donors (Lipinski definition) is 1. The van der Waals surface area contributed by atoms with E-state index in [9.17, 15) is 0 Å². The maximum absolute atomic E-state index is 6.14. The molecule has 1 N–H and O–H groups in total. The molecule has 0 saturated carbocycles. The van der Waals surface area contributed by atoms with E-state index in [0.29, 0.717) is 12.6 Å². The van der Waals surface area contributed by atoms with Gasteiger partial charge in [-0.1, -0.05) is 30.3 Å². The zero-order valence-corrected chi connectivity index (χ0v) is 21.2. The second kappa shape index (κ2) is 10.9. The predicted octanol–water partition coefficient (Wildman–Crippen LogP) is 3.43. The van der Waals surface area contributed by atoms with Crippen LogP contribution in [0.2, 0.25) is 0 Å². The van der Waals surface area contributed by atoms with Gasteiger partial charge in [-0.2, -0.15) is 0 Å². The number of nitrogens with zero attached hydrogens (tertiary/aromatic N) is 4. The molecule has 2 aliphatic heterocycles.